The molecule has 0 spiro atoms. The van der Waals surface area contributed by atoms with Crippen molar-refractivity contribution in [2.45, 2.75) is 38.3 Å². The van der Waals surface area contributed by atoms with Gasteiger partial charge in [-0.05, 0) is 31.5 Å². The van der Waals surface area contributed by atoms with E-state index in [-0.39, 0.29) is 0 Å². The van der Waals surface area contributed by atoms with Crippen LogP contribution in [0.5, 0.6) is 5.75 Å². The van der Waals surface area contributed by atoms with Crippen molar-refractivity contribution in [2.24, 2.45) is 5.92 Å². The van der Waals surface area contributed by atoms with Gasteiger partial charge in [0.05, 0.1) is 0 Å². The van der Waals surface area contributed by atoms with Gasteiger partial charge in [-0.1, -0.05) is 28.9 Å². The Morgan fingerprint density at radius 3 is 2.85 bits per heavy atom. The summed E-state index contributed by atoms with van der Waals surface area (Å²) >= 11 is 3.54. The van der Waals surface area contributed by atoms with Crippen LogP contribution in [0.3, 0.4) is 0 Å². The van der Waals surface area contributed by atoms with E-state index in [1.54, 1.807) is 0 Å². The molecule has 1 aromatic rings. The van der Waals surface area contributed by atoms with Gasteiger partial charge in [0.1, 0.15) is 11.9 Å². The molecule has 2 aliphatic heterocycles. The summed E-state index contributed by atoms with van der Waals surface area (Å²) in [6.07, 6.45) is 3.61. The fourth-order valence-electron chi connectivity index (χ4n) is 3.28. The second kappa shape index (κ2) is 6.46. The first-order chi connectivity index (χ1) is 9.78. The average Bonchev–Trinajstić information content (AvgIpc) is 2.48. The molecule has 1 N–H and O–H groups in total. The topological polar surface area (TPSA) is 30.5 Å². The molecule has 20 heavy (non-hydrogen) atoms. The van der Waals surface area contributed by atoms with E-state index in [0.29, 0.717) is 18.1 Å². The summed E-state index contributed by atoms with van der Waals surface area (Å²) in [7, 11) is 0. The van der Waals surface area contributed by atoms with Gasteiger partial charge in [0.2, 0.25) is 0 Å². The van der Waals surface area contributed by atoms with Gasteiger partial charge >= 0.3 is 0 Å². The van der Waals surface area contributed by atoms with Gasteiger partial charge in [-0.25, -0.2) is 0 Å². The van der Waals surface area contributed by atoms with Gasteiger partial charge in [0, 0.05) is 41.6 Å². The number of halogens is 1. The first kappa shape index (κ1) is 14.4. The predicted octanol–water partition coefficient (Wildman–Crippen LogP) is 3.68. The quantitative estimate of drug-likeness (QED) is 0.911. The molecule has 0 aliphatic carbocycles. The van der Waals surface area contributed by atoms with Crippen LogP contribution in [0.1, 0.15) is 37.8 Å². The molecule has 1 aromatic carbocycles. The van der Waals surface area contributed by atoms with Crippen LogP contribution in [-0.2, 0) is 4.74 Å². The number of hydrogen-bond donors (Lipinski definition) is 1. The van der Waals surface area contributed by atoms with Gasteiger partial charge in [0.25, 0.3) is 0 Å². The molecule has 0 aromatic heterocycles. The van der Waals surface area contributed by atoms with Gasteiger partial charge in [-0.2, -0.15) is 0 Å². The number of nitrogens with one attached hydrogen (secondary N) is 1. The maximum absolute atomic E-state index is 6.30. The molecular weight excluding hydrogens is 318 g/mol. The molecule has 2 aliphatic rings. The minimum atomic E-state index is 0.310. The summed E-state index contributed by atoms with van der Waals surface area (Å²) in [6, 6.07) is 6.78. The van der Waals surface area contributed by atoms with Crippen LogP contribution in [0.4, 0.5) is 0 Å². The Hall–Kier alpha value is -0.580. The zero-order valence-corrected chi connectivity index (χ0v) is 13.5. The summed E-state index contributed by atoms with van der Waals surface area (Å²) in [5.74, 6) is 1.66. The number of fused-ring (bicyclic) bond motifs is 1. The van der Waals surface area contributed by atoms with Crippen LogP contribution in [0.2, 0.25) is 0 Å². The van der Waals surface area contributed by atoms with Gasteiger partial charge in [-0.15, -0.1) is 0 Å². The van der Waals surface area contributed by atoms with Crippen LogP contribution < -0.4 is 10.1 Å². The minimum absolute atomic E-state index is 0.310. The lowest BCUT2D eigenvalue weighted by atomic mass is 9.86. The molecule has 2 unspecified atom stereocenters. The normalized spacial score (nSPS) is 26.9. The molecule has 2 heterocycles. The number of hydrogen-bond acceptors (Lipinski definition) is 3. The third-order valence-corrected chi connectivity index (χ3v) is 4.83. The monoisotopic (exact) mass is 339 g/mol. The van der Waals surface area contributed by atoms with Crippen molar-refractivity contribution in [1.82, 2.24) is 5.32 Å². The first-order valence-corrected chi connectivity index (χ1v) is 8.34. The maximum Gasteiger partial charge on any atom is 0.125 e. The van der Waals surface area contributed by atoms with E-state index in [1.165, 1.54) is 5.56 Å². The molecule has 110 valence electrons. The van der Waals surface area contributed by atoms with Crippen LogP contribution in [0.25, 0.3) is 0 Å². The van der Waals surface area contributed by atoms with Crippen molar-refractivity contribution < 1.29 is 9.47 Å². The second-order valence-corrected chi connectivity index (χ2v) is 6.55. The molecule has 1 saturated heterocycles. The Labute approximate surface area is 129 Å². The Morgan fingerprint density at radius 1 is 1.30 bits per heavy atom. The third kappa shape index (κ3) is 3.02. The number of rotatable bonds is 3. The van der Waals surface area contributed by atoms with E-state index in [9.17, 15) is 0 Å². The standard InChI is InChI=1S/C16H22BrNO2/c1-2-18-14-10-15(11-5-7-19-8-6-11)20-16-9-12(17)3-4-13(14)16/h3-4,9,11,14-15,18H,2,5-8,10H2,1H3. The zero-order chi connectivity index (χ0) is 13.9. The molecular formula is C16H22BrNO2. The average molecular weight is 340 g/mol. The molecule has 3 rings (SSSR count). The van der Waals surface area contributed by atoms with E-state index in [4.69, 9.17) is 9.47 Å². The van der Waals surface area contributed by atoms with E-state index >= 15 is 0 Å². The molecule has 0 bridgehead atoms. The highest BCUT2D eigenvalue weighted by molar-refractivity contribution is 9.10. The smallest absolute Gasteiger partial charge is 0.125 e. The molecule has 0 saturated carbocycles. The van der Waals surface area contributed by atoms with Crippen molar-refractivity contribution >= 4 is 15.9 Å². The lowest BCUT2D eigenvalue weighted by molar-refractivity contribution is 0.00536. The Bertz CT molecular complexity index is 460. The van der Waals surface area contributed by atoms with Crippen LogP contribution in [0, 0.1) is 5.92 Å². The molecule has 1 fully saturated rings. The lowest BCUT2D eigenvalue weighted by Gasteiger charge is -2.38. The summed E-state index contributed by atoms with van der Waals surface area (Å²) in [5, 5.41) is 3.60. The Morgan fingerprint density at radius 2 is 2.10 bits per heavy atom. The highest BCUT2D eigenvalue weighted by Gasteiger charge is 2.33. The van der Waals surface area contributed by atoms with E-state index < -0.39 is 0 Å². The Balaban J connectivity index is 1.83. The third-order valence-electron chi connectivity index (χ3n) is 4.34. The van der Waals surface area contributed by atoms with Crippen molar-refractivity contribution in [3.05, 3.63) is 28.2 Å². The van der Waals surface area contributed by atoms with Crippen molar-refractivity contribution in [3.63, 3.8) is 0 Å². The fourth-order valence-corrected chi connectivity index (χ4v) is 3.62. The van der Waals surface area contributed by atoms with Crippen molar-refractivity contribution in [2.75, 3.05) is 19.8 Å². The van der Waals surface area contributed by atoms with Crippen molar-refractivity contribution in [1.29, 1.82) is 0 Å². The molecule has 4 heteroatoms. The van der Waals surface area contributed by atoms with Crippen molar-refractivity contribution in [3.8, 4) is 5.75 Å². The SMILES string of the molecule is CCNC1CC(C2CCOCC2)Oc2cc(Br)ccc21. The van der Waals surface area contributed by atoms with Gasteiger partial charge < -0.3 is 14.8 Å². The highest BCUT2D eigenvalue weighted by atomic mass is 79.9. The lowest BCUT2D eigenvalue weighted by Crippen LogP contribution is -2.39. The molecule has 3 nitrogen and oxygen atoms in total. The van der Waals surface area contributed by atoms with Crippen LogP contribution in [0.15, 0.2) is 22.7 Å². The highest BCUT2D eigenvalue weighted by Crippen LogP contribution is 2.40. The number of benzene rings is 1. The largest absolute Gasteiger partial charge is 0.490 e. The van der Waals surface area contributed by atoms with Crippen LogP contribution in [-0.4, -0.2) is 25.9 Å². The number of ether oxygens (including phenoxy) is 2. The van der Waals surface area contributed by atoms with Crippen LogP contribution >= 0.6 is 15.9 Å². The van der Waals surface area contributed by atoms with E-state index in [0.717, 1.165) is 49.2 Å². The maximum atomic E-state index is 6.30. The van der Waals surface area contributed by atoms with Gasteiger partial charge in [-0.3, -0.25) is 0 Å². The summed E-state index contributed by atoms with van der Waals surface area (Å²) in [5.41, 5.74) is 1.29. The summed E-state index contributed by atoms with van der Waals surface area (Å²) < 4.78 is 12.9. The summed E-state index contributed by atoms with van der Waals surface area (Å²) in [4.78, 5) is 0. The Kier molecular flexibility index (Phi) is 4.64. The molecule has 0 radical (unpaired) electrons. The summed E-state index contributed by atoms with van der Waals surface area (Å²) in [6.45, 7) is 4.90. The van der Waals surface area contributed by atoms with Gasteiger partial charge in [0.15, 0.2) is 0 Å². The second-order valence-electron chi connectivity index (χ2n) is 5.63. The first-order valence-electron chi connectivity index (χ1n) is 7.55. The zero-order valence-electron chi connectivity index (χ0n) is 11.9. The minimum Gasteiger partial charge on any atom is -0.490 e. The van der Waals surface area contributed by atoms with E-state index in [2.05, 4.69) is 46.4 Å². The molecule has 2 atom stereocenters. The predicted molar refractivity (Wildman–Crippen MR) is 83.1 cm³/mol. The molecule has 0 amide bonds. The fraction of sp³-hybridized carbons (Fsp3) is 0.625. The van der Waals surface area contributed by atoms with E-state index in [1.807, 2.05) is 0 Å².